The van der Waals surface area contributed by atoms with Crippen molar-refractivity contribution < 1.29 is 23.7 Å². The summed E-state index contributed by atoms with van der Waals surface area (Å²) in [5, 5.41) is 0. The second-order valence-corrected chi connectivity index (χ2v) is 3.12. The van der Waals surface area contributed by atoms with Gasteiger partial charge in [-0.2, -0.15) is 18.2 Å². The van der Waals surface area contributed by atoms with Gasteiger partial charge in [0.2, 0.25) is 0 Å². The molecule has 5 heteroatoms. The maximum atomic E-state index is 9.02. The molecule has 0 bridgehead atoms. The zero-order valence-corrected chi connectivity index (χ0v) is 9.50. The summed E-state index contributed by atoms with van der Waals surface area (Å²) in [6.07, 6.45) is 0. The van der Waals surface area contributed by atoms with Crippen LogP contribution in [-0.4, -0.2) is 18.4 Å². The van der Waals surface area contributed by atoms with Crippen molar-refractivity contribution >= 4 is 29.5 Å². The molecule has 1 aromatic carbocycles. The fourth-order valence-electron chi connectivity index (χ4n) is 0.335. The molecule has 0 unspecified atom stereocenters. The summed E-state index contributed by atoms with van der Waals surface area (Å²) in [6, 6.07) is 10.0. The molecule has 2 nitrogen and oxygen atoms in total. The van der Waals surface area contributed by atoms with Gasteiger partial charge in [-0.15, -0.1) is 0 Å². The molecule has 0 aliphatic heterocycles. The van der Waals surface area contributed by atoms with E-state index in [0.29, 0.717) is 8.83 Å². The van der Waals surface area contributed by atoms with Crippen molar-refractivity contribution in [1.29, 1.82) is 0 Å². The minimum Gasteiger partial charge on any atom is -0.333 e. The third-order valence-corrected chi connectivity index (χ3v) is 0.853. The summed E-state index contributed by atoms with van der Waals surface area (Å²) in [4.78, 5) is 20.7. The number of carbonyl (C=O) groups excluding carboxylic acids is 2. The monoisotopic (exact) mass is 254 g/mol. The molecular formula is C8H7ClFeO2Si-2. The second kappa shape index (κ2) is 17.6. The van der Waals surface area contributed by atoms with Gasteiger partial charge in [0.15, 0.2) is 0 Å². The summed E-state index contributed by atoms with van der Waals surface area (Å²) < 4.78 is 0. The Hall–Kier alpha value is -0.464. The maximum absolute atomic E-state index is 9.02. The van der Waals surface area contributed by atoms with Gasteiger partial charge in [-0.1, -0.05) is 0 Å². The Morgan fingerprint density at radius 1 is 1.31 bits per heavy atom. The standard InChI is InChI=1S/C5H5.CH2ClSi.2CO.Fe/c1-2-4-5-3-1;1-3-2;2*1-2;/h1-5H;1H2;;;/q2*-1;;;. The van der Waals surface area contributed by atoms with E-state index in [4.69, 9.17) is 20.7 Å². The molecule has 0 saturated heterocycles. The first kappa shape index (κ1) is 15.0. The van der Waals surface area contributed by atoms with E-state index in [0.717, 1.165) is 0 Å². The number of rotatable bonds is 0. The summed E-state index contributed by atoms with van der Waals surface area (Å²) in [6.45, 7) is 3.28. The van der Waals surface area contributed by atoms with Crippen molar-refractivity contribution in [2.24, 2.45) is 0 Å². The molecule has 0 saturated carbocycles. The van der Waals surface area contributed by atoms with Gasteiger partial charge in [0.25, 0.3) is 0 Å². The summed E-state index contributed by atoms with van der Waals surface area (Å²) >= 11 is 4.69. The zero-order chi connectivity index (χ0) is 10.4. The average molecular weight is 255 g/mol. The Morgan fingerprint density at radius 2 is 1.69 bits per heavy atom. The minimum atomic E-state index is -0.222. The maximum Gasteiger partial charge on any atom is -0.0303 e. The molecule has 0 aliphatic rings. The van der Waals surface area contributed by atoms with Gasteiger partial charge in [-0.25, -0.2) is 23.2 Å². The normalized spacial score (nSPS) is 6.31. The third kappa shape index (κ3) is 24.6. The van der Waals surface area contributed by atoms with Gasteiger partial charge in [0.1, 0.15) is 0 Å². The number of hydrogen-bond donors (Lipinski definition) is 0. The van der Waals surface area contributed by atoms with E-state index in [9.17, 15) is 0 Å². The van der Waals surface area contributed by atoms with E-state index in [1.54, 1.807) is 0 Å². The van der Waals surface area contributed by atoms with Crippen molar-refractivity contribution in [2.75, 3.05) is 0 Å². The predicted octanol–water partition coefficient (Wildman–Crippen LogP) is 1.24. The molecule has 72 valence electrons. The smallest absolute Gasteiger partial charge is 0.0303 e. The second-order valence-electron chi connectivity index (χ2n) is 1.33. The summed E-state index contributed by atoms with van der Waals surface area (Å²) in [5.74, 6) is 0. The fourth-order valence-corrected chi connectivity index (χ4v) is 0.381. The number of hydrogen-bond acceptors (Lipinski definition) is 2. The van der Waals surface area contributed by atoms with Crippen LogP contribution in [-0.2, 0) is 23.7 Å². The summed E-state index contributed by atoms with van der Waals surface area (Å²) in [7, 11) is 0.306. The average Bonchev–Trinajstić information content (AvgIpc) is 2.64. The Bertz CT molecular complexity index is 241. The molecule has 13 heavy (non-hydrogen) atoms. The SMILES string of the molecule is O=[C]=[Fe]=[C]=O.[CH2-][Si]Cl.c1cc[cH-]c1. The van der Waals surface area contributed by atoms with Crippen LogP contribution in [0.5, 0.6) is 0 Å². The molecule has 0 heterocycles. The van der Waals surface area contributed by atoms with E-state index >= 15 is 0 Å². The van der Waals surface area contributed by atoms with Crippen molar-refractivity contribution in [3.8, 4) is 0 Å². The first-order chi connectivity index (χ1) is 6.33. The van der Waals surface area contributed by atoms with Gasteiger partial charge >= 0.3 is 33.2 Å². The number of halogens is 1. The Labute approximate surface area is 90.0 Å². The van der Waals surface area contributed by atoms with Crippen molar-refractivity contribution in [1.82, 2.24) is 0 Å². The largest absolute Gasteiger partial charge is 0.333 e. The molecule has 0 aliphatic carbocycles. The topological polar surface area (TPSA) is 34.1 Å². The van der Waals surface area contributed by atoms with E-state index in [1.807, 2.05) is 30.3 Å². The van der Waals surface area contributed by atoms with Crippen molar-refractivity contribution in [2.45, 2.75) is 0 Å². The van der Waals surface area contributed by atoms with Crippen molar-refractivity contribution in [3.05, 3.63) is 36.9 Å². The van der Waals surface area contributed by atoms with Crippen LogP contribution in [0, 0.1) is 6.55 Å². The predicted molar refractivity (Wildman–Crippen MR) is 50.4 cm³/mol. The van der Waals surface area contributed by atoms with Crippen LogP contribution in [0.3, 0.4) is 0 Å². The molecule has 0 aromatic heterocycles. The van der Waals surface area contributed by atoms with Gasteiger partial charge in [-0.3, -0.25) is 0 Å². The van der Waals surface area contributed by atoms with Gasteiger partial charge in [-0.05, 0) is 8.83 Å². The van der Waals surface area contributed by atoms with Crippen molar-refractivity contribution in [3.63, 3.8) is 0 Å². The van der Waals surface area contributed by atoms with E-state index in [1.165, 1.54) is 9.57 Å². The van der Waals surface area contributed by atoms with E-state index < -0.39 is 0 Å². The first-order valence-corrected chi connectivity index (χ1v) is 6.29. The van der Waals surface area contributed by atoms with Crippen LogP contribution in [0.25, 0.3) is 0 Å². The van der Waals surface area contributed by atoms with Crippen LogP contribution in [0.1, 0.15) is 0 Å². The molecule has 0 amide bonds. The van der Waals surface area contributed by atoms with Gasteiger partial charge in [0.05, 0.1) is 0 Å². The van der Waals surface area contributed by atoms with Crippen LogP contribution < -0.4 is 0 Å². The van der Waals surface area contributed by atoms with Crippen LogP contribution in [0.2, 0.25) is 0 Å². The van der Waals surface area contributed by atoms with E-state index in [2.05, 4.69) is 6.55 Å². The third-order valence-electron chi connectivity index (χ3n) is 0.628. The van der Waals surface area contributed by atoms with Gasteiger partial charge < -0.3 is 6.55 Å². The molecule has 0 spiro atoms. The van der Waals surface area contributed by atoms with E-state index in [-0.39, 0.29) is 14.1 Å². The molecule has 1 aromatic rings. The zero-order valence-electron chi connectivity index (χ0n) is 6.64. The molecule has 0 N–H and O–H groups in total. The van der Waals surface area contributed by atoms with Crippen LogP contribution in [0.4, 0.5) is 0 Å². The first-order valence-electron chi connectivity index (χ1n) is 2.97. The van der Waals surface area contributed by atoms with Gasteiger partial charge in [0, 0.05) is 0 Å². The van der Waals surface area contributed by atoms with Crippen LogP contribution in [0.15, 0.2) is 30.3 Å². The Morgan fingerprint density at radius 3 is 1.77 bits per heavy atom. The minimum absolute atomic E-state index is 0.222. The molecule has 2 radical (unpaired) electrons. The quantitative estimate of drug-likeness (QED) is 0.397. The Kier molecular flexibility index (Phi) is 20.3. The Balaban J connectivity index is 0. The molecule has 0 fully saturated rings. The molecule has 0 atom stereocenters. The fraction of sp³-hybridized carbons (Fsp3) is 0. The molecular weight excluding hydrogens is 247 g/mol. The molecule has 1 rings (SSSR count). The summed E-state index contributed by atoms with van der Waals surface area (Å²) in [5.41, 5.74) is 0. The van der Waals surface area contributed by atoms with Crippen LogP contribution >= 0.6 is 11.1 Å².